The van der Waals surface area contributed by atoms with Crippen LogP contribution in [0.25, 0.3) is 11.3 Å². The molecule has 0 radical (unpaired) electrons. The smallest absolute Gasteiger partial charge is 0.257 e. The van der Waals surface area contributed by atoms with Crippen molar-refractivity contribution in [3.8, 4) is 11.3 Å². The van der Waals surface area contributed by atoms with Crippen LogP contribution in [0.4, 0.5) is 0 Å². The van der Waals surface area contributed by atoms with E-state index >= 15 is 0 Å². The molecule has 1 amide bonds. The molecule has 4 fully saturated rings. The van der Waals surface area contributed by atoms with E-state index in [2.05, 4.69) is 17.4 Å². The van der Waals surface area contributed by atoms with Gasteiger partial charge in [-0.2, -0.15) is 0 Å². The molecule has 4 bridgehead atoms. The number of hydrogen-bond donors (Lipinski definition) is 1. The number of carbonyl (C=O) groups is 1. The van der Waals surface area contributed by atoms with Crippen LogP contribution >= 0.6 is 23.2 Å². The van der Waals surface area contributed by atoms with Gasteiger partial charge in [0, 0.05) is 11.6 Å². The average molecular weight is 433 g/mol. The van der Waals surface area contributed by atoms with Crippen LogP contribution in [-0.4, -0.2) is 17.1 Å². The lowest BCUT2D eigenvalue weighted by Crippen LogP contribution is -2.55. The molecule has 0 spiro atoms. The van der Waals surface area contributed by atoms with E-state index in [0.717, 1.165) is 17.8 Å². The average Bonchev–Trinajstić information content (AvgIpc) is 3.01. The molecule has 1 aromatic carbocycles. The van der Waals surface area contributed by atoms with E-state index in [-0.39, 0.29) is 17.4 Å². The molecule has 6 heteroatoms. The molecule has 0 aliphatic heterocycles. The predicted molar refractivity (Wildman–Crippen MR) is 114 cm³/mol. The highest BCUT2D eigenvalue weighted by molar-refractivity contribution is 6.39. The maximum Gasteiger partial charge on any atom is 0.257 e. The molecule has 4 nitrogen and oxygen atoms in total. The Hall–Kier alpha value is -1.52. The minimum atomic E-state index is -0.155. The van der Waals surface area contributed by atoms with E-state index in [1.165, 1.54) is 38.5 Å². The maximum atomic E-state index is 13.3. The number of amides is 1. The zero-order valence-electron chi connectivity index (χ0n) is 16.8. The van der Waals surface area contributed by atoms with Gasteiger partial charge < -0.3 is 9.84 Å². The Morgan fingerprint density at radius 3 is 2.24 bits per heavy atom. The Kier molecular flexibility index (Phi) is 4.71. The van der Waals surface area contributed by atoms with Gasteiger partial charge in [0.2, 0.25) is 0 Å². The highest BCUT2D eigenvalue weighted by Crippen LogP contribution is 2.61. The first kappa shape index (κ1) is 19.4. The van der Waals surface area contributed by atoms with Gasteiger partial charge in [0.1, 0.15) is 17.0 Å². The van der Waals surface area contributed by atoms with Gasteiger partial charge >= 0.3 is 0 Å². The summed E-state index contributed by atoms with van der Waals surface area (Å²) in [6.45, 7) is 3.93. The van der Waals surface area contributed by atoms with Crippen LogP contribution in [0.15, 0.2) is 22.7 Å². The summed E-state index contributed by atoms with van der Waals surface area (Å²) in [5.41, 5.74) is 1.61. The van der Waals surface area contributed by atoms with E-state index in [4.69, 9.17) is 27.7 Å². The summed E-state index contributed by atoms with van der Waals surface area (Å²) in [5, 5.41) is 8.33. The maximum absolute atomic E-state index is 13.3. The third kappa shape index (κ3) is 3.19. The lowest BCUT2D eigenvalue weighted by Gasteiger charge is -2.59. The van der Waals surface area contributed by atoms with Crippen molar-refractivity contribution in [2.75, 3.05) is 0 Å². The van der Waals surface area contributed by atoms with Crippen molar-refractivity contribution in [2.24, 2.45) is 23.2 Å². The Morgan fingerprint density at radius 2 is 1.69 bits per heavy atom. The van der Waals surface area contributed by atoms with E-state index in [0.29, 0.717) is 32.6 Å². The fraction of sp³-hybridized carbons (Fsp3) is 0.565. The number of carbonyl (C=O) groups excluding carboxylic acids is 1. The molecule has 154 valence electrons. The number of rotatable bonds is 4. The Morgan fingerprint density at radius 1 is 1.14 bits per heavy atom. The Balaban J connectivity index is 1.43. The molecule has 1 heterocycles. The lowest BCUT2D eigenvalue weighted by atomic mass is 9.48. The first-order valence-corrected chi connectivity index (χ1v) is 11.3. The quantitative estimate of drug-likeness (QED) is 0.616. The van der Waals surface area contributed by atoms with Crippen LogP contribution < -0.4 is 5.32 Å². The summed E-state index contributed by atoms with van der Waals surface area (Å²) in [6, 6.07) is 5.38. The predicted octanol–water partition coefficient (Wildman–Crippen LogP) is 6.29. The number of aryl methyl sites for hydroxylation is 1. The van der Waals surface area contributed by atoms with Gasteiger partial charge in [-0.15, -0.1) is 0 Å². The minimum absolute atomic E-state index is 0.118. The second kappa shape index (κ2) is 7.02. The van der Waals surface area contributed by atoms with Crippen molar-refractivity contribution >= 4 is 29.1 Å². The fourth-order valence-corrected chi connectivity index (χ4v) is 7.24. The van der Waals surface area contributed by atoms with Crippen molar-refractivity contribution in [3.05, 3.63) is 39.6 Å². The van der Waals surface area contributed by atoms with Crippen LogP contribution in [0.1, 0.15) is 61.6 Å². The van der Waals surface area contributed by atoms with Crippen molar-refractivity contribution in [1.82, 2.24) is 10.5 Å². The summed E-state index contributed by atoms with van der Waals surface area (Å²) in [6.07, 6.45) is 7.89. The fourth-order valence-electron chi connectivity index (χ4n) is 6.66. The van der Waals surface area contributed by atoms with Gasteiger partial charge in [-0.3, -0.25) is 4.79 Å². The Bertz CT molecular complexity index is 912. The van der Waals surface area contributed by atoms with Crippen LogP contribution in [0.3, 0.4) is 0 Å². The molecule has 4 aliphatic carbocycles. The van der Waals surface area contributed by atoms with Crippen molar-refractivity contribution in [1.29, 1.82) is 0 Å². The Labute approximate surface area is 181 Å². The molecular formula is C23H26Cl2N2O2. The van der Waals surface area contributed by atoms with Gasteiger partial charge in [-0.25, -0.2) is 0 Å². The standard InChI is InChI=1S/C23H26Cl2N2O2/c1-12-19(21(27-29-12)20-17(24)4-3-5-18(20)25)22(28)26-13(2)23-9-14-6-15(10-23)8-16(7-14)11-23/h3-5,13-16H,6-11H2,1-2H3,(H,26,28)/t13-,14?,15?,16?,23?/m1/s1. The second-order valence-electron chi connectivity index (χ2n) is 9.53. The van der Waals surface area contributed by atoms with Crippen LogP contribution in [0.2, 0.25) is 10.0 Å². The number of nitrogens with zero attached hydrogens (tertiary/aromatic N) is 1. The first-order chi connectivity index (χ1) is 13.9. The van der Waals surface area contributed by atoms with Gasteiger partial charge in [0.25, 0.3) is 5.91 Å². The zero-order valence-corrected chi connectivity index (χ0v) is 18.3. The molecule has 1 aromatic heterocycles. The molecule has 1 atom stereocenters. The van der Waals surface area contributed by atoms with Crippen LogP contribution in [-0.2, 0) is 0 Å². The summed E-state index contributed by atoms with van der Waals surface area (Å²) in [7, 11) is 0. The third-order valence-corrected chi connectivity index (χ3v) is 8.27. The van der Waals surface area contributed by atoms with Crippen molar-refractivity contribution in [3.63, 3.8) is 0 Å². The second-order valence-corrected chi connectivity index (χ2v) is 10.3. The summed E-state index contributed by atoms with van der Waals surface area (Å²) >= 11 is 12.7. The first-order valence-electron chi connectivity index (χ1n) is 10.6. The van der Waals surface area contributed by atoms with Crippen LogP contribution in [0, 0.1) is 30.1 Å². The van der Waals surface area contributed by atoms with E-state index in [9.17, 15) is 4.79 Å². The number of hydrogen-bond acceptors (Lipinski definition) is 3. The number of halogens is 2. The monoisotopic (exact) mass is 432 g/mol. The van der Waals surface area contributed by atoms with Gasteiger partial charge in [0.15, 0.2) is 0 Å². The highest BCUT2D eigenvalue weighted by Gasteiger charge is 2.53. The number of benzene rings is 1. The lowest BCUT2D eigenvalue weighted by molar-refractivity contribution is -0.0688. The number of nitrogens with one attached hydrogen (secondary N) is 1. The van der Waals surface area contributed by atoms with Gasteiger partial charge in [0.05, 0.1) is 10.0 Å². The number of aromatic nitrogens is 1. The molecule has 1 N–H and O–H groups in total. The summed E-state index contributed by atoms with van der Waals surface area (Å²) < 4.78 is 5.38. The topological polar surface area (TPSA) is 55.1 Å². The van der Waals surface area contributed by atoms with Gasteiger partial charge in [-0.1, -0.05) is 34.4 Å². The SMILES string of the molecule is Cc1onc(-c2c(Cl)cccc2Cl)c1C(=O)N[C@H](C)C12CC3CC(CC(C3)C1)C2. The molecule has 2 aromatic rings. The highest BCUT2D eigenvalue weighted by atomic mass is 35.5. The molecule has 0 unspecified atom stereocenters. The van der Waals surface area contributed by atoms with E-state index in [1.807, 2.05) is 0 Å². The zero-order chi connectivity index (χ0) is 20.3. The largest absolute Gasteiger partial charge is 0.360 e. The molecule has 4 saturated carbocycles. The molecule has 29 heavy (non-hydrogen) atoms. The molecule has 6 rings (SSSR count). The summed E-state index contributed by atoms with van der Waals surface area (Å²) in [4.78, 5) is 13.3. The molecule has 4 aliphatic rings. The summed E-state index contributed by atoms with van der Waals surface area (Å²) in [5.74, 6) is 2.85. The molecular weight excluding hydrogens is 407 g/mol. The van der Waals surface area contributed by atoms with Crippen molar-refractivity contribution < 1.29 is 9.32 Å². The van der Waals surface area contributed by atoms with Gasteiger partial charge in [-0.05, 0) is 87.7 Å². The molecule has 0 saturated heterocycles. The van der Waals surface area contributed by atoms with E-state index < -0.39 is 0 Å². The normalized spacial score (nSPS) is 31.1. The van der Waals surface area contributed by atoms with E-state index in [1.54, 1.807) is 25.1 Å². The van der Waals surface area contributed by atoms with Crippen molar-refractivity contribution in [2.45, 2.75) is 58.4 Å². The minimum Gasteiger partial charge on any atom is -0.360 e. The third-order valence-electron chi connectivity index (χ3n) is 7.64. The van der Waals surface area contributed by atoms with Crippen LogP contribution in [0.5, 0.6) is 0 Å².